The summed E-state index contributed by atoms with van der Waals surface area (Å²) in [5.74, 6) is 0.381. The Morgan fingerprint density at radius 1 is 1.15 bits per heavy atom. The minimum Gasteiger partial charge on any atom is -0.494 e. The number of aryl methyl sites for hydroxylation is 1. The number of carbonyl (C=O) groups excluding carboxylic acids is 1. The van der Waals surface area contributed by atoms with Crippen molar-refractivity contribution in [1.29, 1.82) is 0 Å². The maximum absolute atomic E-state index is 12.5. The van der Waals surface area contributed by atoms with Crippen LogP contribution in [0.1, 0.15) is 24.2 Å². The number of rotatable bonds is 5. The van der Waals surface area contributed by atoms with Crippen molar-refractivity contribution in [1.82, 2.24) is 4.57 Å². The molecule has 1 amide bonds. The van der Waals surface area contributed by atoms with E-state index in [2.05, 4.69) is 4.99 Å². The van der Waals surface area contributed by atoms with E-state index in [1.54, 1.807) is 6.92 Å². The first-order valence-corrected chi connectivity index (χ1v) is 11.0. The molecule has 27 heavy (non-hydrogen) atoms. The van der Waals surface area contributed by atoms with Gasteiger partial charge in [0.05, 0.1) is 27.5 Å². The van der Waals surface area contributed by atoms with Gasteiger partial charge >= 0.3 is 0 Å². The summed E-state index contributed by atoms with van der Waals surface area (Å²) in [5.41, 5.74) is 1.30. The molecule has 0 aliphatic carbocycles. The third-order valence-corrected chi connectivity index (χ3v) is 6.97. The molecule has 2 aromatic carbocycles. The minimum atomic E-state index is -3.29. The smallest absolute Gasteiger partial charge is 0.279 e. The number of amides is 1. The van der Waals surface area contributed by atoms with Gasteiger partial charge in [-0.3, -0.25) is 4.79 Å². The molecule has 142 valence electrons. The Morgan fingerprint density at radius 3 is 2.48 bits per heavy atom. The van der Waals surface area contributed by atoms with Gasteiger partial charge in [0.25, 0.3) is 5.91 Å². The molecule has 0 bridgehead atoms. The van der Waals surface area contributed by atoms with E-state index in [9.17, 15) is 13.2 Å². The zero-order chi connectivity index (χ0) is 19.6. The molecule has 0 fully saturated rings. The largest absolute Gasteiger partial charge is 0.494 e. The Kier molecular flexibility index (Phi) is 5.48. The fourth-order valence-electron chi connectivity index (χ4n) is 2.60. The topological polar surface area (TPSA) is 77.7 Å². The lowest BCUT2D eigenvalue weighted by atomic mass is 10.2. The van der Waals surface area contributed by atoms with Crippen molar-refractivity contribution < 1.29 is 17.9 Å². The second kappa shape index (κ2) is 7.66. The van der Waals surface area contributed by atoms with Gasteiger partial charge in [-0.2, -0.15) is 4.99 Å². The van der Waals surface area contributed by atoms with Gasteiger partial charge in [0.1, 0.15) is 5.75 Å². The highest BCUT2D eigenvalue weighted by Gasteiger charge is 2.13. The number of benzene rings is 2. The van der Waals surface area contributed by atoms with Gasteiger partial charge in [-0.05, 0) is 49.4 Å². The van der Waals surface area contributed by atoms with Crippen LogP contribution in [0.15, 0.2) is 52.4 Å². The van der Waals surface area contributed by atoms with Gasteiger partial charge in [0.15, 0.2) is 14.6 Å². The number of thiazole rings is 1. The fraction of sp³-hybridized carbons (Fsp3) is 0.263. The molecule has 0 saturated heterocycles. The summed E-state index contributed by atoms with van der Waals surface area (Å²) in [7, 11) is -1.44. The van der Waals surface area contributed by atoms with Gasteiger partial charge < -0.3 is 9.30 Å². The van der Waals surface area contributed by atoms with Crippen LogP contribution in [0.2, 0.25) is 0 Å². The van der Waals surface area contributed by atoms with Crippen molar-refractivity contribution in [3.8, 4) is 5.75 Å². The molecule has 0 spiro atoms. The number of ether oxygens (including phenoxy) is 1. The van der Waals surface area contributed by atoms with Gasteiger partial charge in [-0.15, -0.1) is 0 Å². The average molecular weight is 405 g/mol. The van der Waals surface area contributed by atoms with Gasteiger partial charge in [-0.25, -0.2) is 8.42 Å². The maximum atomic E-state index is 12.5. The molecule has 1 aromatic heterocycles. The normalized spacial score (nSPS) is 12.5. The number of aromatic nitrogens is 1. The summed E-state index contributed by atoms with van der Waals surface area (Å²) in [4.78, 5) is 17.5. The Balaban J connectivity index is 1.96. The Morgan fingerprint density at radius 2 is 1.85 bits per heavy atom. The SMILES string of the molecule is CCOc1ccc2c(c1)sc(=NC(=O)c1ccc(S(=O)(=O)CC)cc1)n2C. The number of hydrogen-bond acceptors (Lipinski definition) is 5. The lowest BCUT2D eigenvalue weighted by molar-refractivity contribution is 0.0998. The molecule has 1 heterocycles. The molecule has 3 rings (SSSR count). The van der Waals surface area contributed by atoms with Crippen LogP contribution in [0.4, 0.5) is 0 Å². The molecule has 0 unspecified atom stereocenters. The average Bonchev–Trinajstić information content (AvgIpc) is 2.97. The molecule has 0 aliphatic heterocycles. The van der Waals surface area contributed by atoms with E-state index in [0.717, 1.165) is 16.0 Å². The summed E-state index contributed by atoms with van der Waals surface area (Å²) in [6.07, 6.45) is 0. The standard InChI is InChI=1S/C19H20N2O4S2/c1-4-25-14-8-11-16-17(12-14)26-19(21(16)3)20-18(22)13-6-9-15(10-7-13)27(23,24)5-2/h6-12H,4-5H2,1-3H3. The van der Waals surface area contributed by atoms with Crippen LogP contribution in [0.5, 0.6) is 5.75 Å². The third kappa shape index (κ3) is 3.96. The number of sulfone groups is 1. The van der Waals surface area contributed by atoms with E-state index in [4.69, 9.17) is 4.74 Å². The van der Waals surface area contributed by atoms with Crippen molar-refractivity contribution in [2.45, 2.75) is 18.7 Å². The van der Waals surface area contributed by atoms with Crippen LogP contribution in [0, 0.1) is 0 Å². The molecule has 0 N–H and O–H groups in total. The zero-order valence-corrected chi connectivity index (χ0v) is 16.9. The first-order valence-electron chi connectivity index (χ1n) is 8.50. The number of carbonyl (C=O) groups is 1. The molecular formula is C19H20N2O4S2. The fourth-order valence-corrected chi connectivity index (χ4v) is 4.53. The molecule has 6 nitrogen and oxygen atoms in total. The quantitative estimate of drug-likeness (QED) is 0.654. The lowest BCUT2D eigenvalue weighted by Gasteiger charge is -2.02. The van der Waals surface area contributed by atoms with Crippen molar-refractivity contribution in [3.63, 3.8) is 0 Å². The Hall–Kier alpha value is -2.45. The number of hydrogen-bond donors (Lipinski definition) is 0. The molecule has 0 atom stereocenters. The summed E-state index contributed by atoms with van der Waals surface area (Å²) in [5, 5.41) is 0. The van der Waals surface area contributed by atoms with Gasteiger partial charge in [0.2, 0.25) is 0 Å². The summed E-state index contributed by atoms with van der Waals surface area (Å²) in [6.45, 7) is 4.10. The van der Waals surface area contributed by atoms with Gasteiger partial charge in [-0.1, -0.05) is 18.3 Å². The second-order valence-corrected chi connectivity index (χ2v) is 9.14. The third-order valence-electron chi connectivity index (χ3n) is 4.13. The summed E-state index contributed by atoms with van der Waals surface area (Å²) >= 11 is 1.40. The van der Waals surface area contributed by atoms with Crippen LogP contribution in [0.3, 0.4) is 0 Å². The molecule has 8 heteroatoms. The number of fused-ring (bicyclic) bond motifs is 1. The highest BCUT2D eigenvalue weighted by Crippen LogP contribution is 2.23. The number of nitrogens with zero attached hydrogens (tertiary/aromatic N) is 2. The van der Waals surface area contributed by atoms with E-state index in [1.807, 2.05) is 36.7 Å². The molecule has 0 aliphatic rings. The highest BCUT2D eigenvalue weighted by molar-refractivity contribution is 7.91. The monoisotopic (exact) mass is 404 g/mol. The molecule has 3 aromatic rings. The highest BCUT2D eigenvalue weighted by atomic mass is 32.2. The van der Waals surface area contributed by atoms with Crippen molar-refractivity contribution in [2.24, 2.45) is 12.0 Å². The van der Waals surface area contributed by atoms with Crippen LogP contribution >= 0.6 is 11.3 Å². The van der Waals surface area contributed by atoms with E-state index in [0.29, 0.717) is 17.0 Å². The van der Waals surface area contributed by atoms with Crippen LogP contribution < -0.4 is 9.54 Å². The maximum Gasteiger partial charge on any atom is 0.279 e. The predicted molar refractivity (Wildman–Crippen MR) is 106 cm³/mol. The van der Waals surface area contributed by atoms with Gasteiger partial charge in [0, 0.05) is 12.6 Å². The zero-order valence-electron chi connectivity index (χ0n) is 15.3. The van der Waals surface area contributed by atoms with E-state index in [1.165, 1.54) is 35.6 Å². The predicted octanol–water partition coefficient (Wildman–Crippen LogP) is 3.17. The molecule has 0 saturated carbocycles. The summed E-state index contributed by atoms with van der Waals surface area (Å²) in [6, 6.07) is 11.6. The van der Waals surface area contributed by atoms with Crippen LogP contribution in [0.25, 0.3) is 10.2 Å². The molecular weight excluding hydrogens is 384 g/mol. The van der Waals surface area contributed by atoms with E-state index >= 15 is 0 Å². The summed E-state index contributed by atoms with van der Waals surface area (Å²) < 4.78 is 32.1. The van der Waals surface area contributed by atoms with Crippen molar-refractivity contribution >= 4 is 37.3 Å². The van der Waals surface area contributed by atoms with Crippen LogP contribution in [-0.2, 0) is 16.9 Å². The first kappa shape index (κ1) is 19.3. The van der Waals surface area contributed by atoms with Crippen molar-refractivity contribution in [3.05, 3.63) is 52.8 Å². The first-order chi connectivity index (χ1) is 12.9. The minimum absolute atomic E-state index is 0.0199. The Labute approximate surface area is 161 Å². The van der Waals surface area contributed by atoms with E-state index in [-0.39, 0.29) is 10.6 Å². The van der Waals surface area contributed by atoms with Crippen LogP contribution in [-0.4, -0.2) is 31.3 Å². The Bertz CT molecular complexity index is 1160. The lowest BCUT2D eigenvalue weighted by Crippen LogP contribution is -2.13. The molecule has 0 radical (unpaired) electrons. The second-order valence-electron chi connectivity index (χ2n) is 5.85. The van der Waals surface area contributed by atoms with Crippen molar-refractivity contribution in [2.75, 3.05) is 12.4 Å². The van der Waals surface area contributed by atoms with E-state index < -0.39 is 15.7 Å².